The number of hydrogen-bond donors (Lipinski definition) is 3. The molecule has 0 atom stereocenters. The summed E-state index contributed by atoms with van der Waals surface area (Å²) >= 11 is 6.36. The third-order valence-corrected chi connectivity index (χ3v) is 4.72. The van der Waals surface area contributed by atoms with Gasteiger partial charge in [0.15, 0.2) is 11.2 Å². The summed E-state index contributed by atoms with van der Waals surface area (Å²) < 4.78 is 2.20. The molecule has 1 amide bonds. The fourth-order valence-corrected chi connectivity index (χ4v) is 3.43. The number of nitrogens with zero attached hydrogens (tertiary/aromatic N) is 4. The molecular formula is C16H16ClN7O3. The molecule has 11 heteroatoms. The van der Waals surface area contributed by atoms with Crippen molar-refractivity contribution >= 4 is 34.7 Å². The predicted molar refractivity (Wildman–Crippen MR) is 101 cm³/mol. The minimum Gasteiger partial charge on any atom is -0.351 e. The summed E-state index contributed by atoms with van der Waals surface area (Å²) in [6.07, 6.45) is 0. The Morgan fingerprint density at radius 3 is 2.56 bits per heavy atom. The van der Waals surface area contributed by atoms with Gasteiger partial charge in [-0.3, -0.25) is 14.3 Å². The van der Waals surface area contributed by atoms with Gasteiger partial charge in [0, 0.05) is 26.2 Å². The Balaban J connectivity index is 2.14. The van der Waals surface area contributed by atoms with Gasteiger partial charge in [-0.25, -0.2) is 9.59 Å². The Morgan fingerprint density at radius 1 is 1.19 bits per heavy atom. The number of carbonyl (C=O) groups excluding carboxylic acids is 1. The van der Waals surface area contributed by atoms with Crippen molar-refractivity contribution in [2.24, 2.45) is 5.73 Å². The second kappa shape index (κ2) is 6.56. The van der Waals surface area contributed by atoms with Crippen molar-refractivity contribution in [3.63, 3.8) is 0 Å². The first-order valence-corrected chi connectivity index (χ1v) is 8.65. The molecule has 1 saturated heterocycles. The smallest absolute Gasteiger partial charge is 0.338 e. The Labute approximate surface area is 157 Å². The minimum atomic E-state index is -1.03. The van der Waals surface area contributed by atoms with Crippen molar-refractivity contribution < 1.29 is 4.79 Å². The number of para-hydroxylation sites is 1. The number of fused-ring (bicyclic) bond motifs is 1. The van der Waals surface area contributed by atoms with Crippen LogP contribution in [0.15, 0.2) is 33.9 Å². The highest BCUT2D eigenvalue weighted by Crippen LogP contribution is 2.29. The molecule has 10 nitrogen and oxygen atoms in total. The second-order valence-electron chi connectivity index (χ2n) is 6.04. The number of rotatable bonds is 2. The average molecular weight is 390 g/mol. The molecule has 4 N–H and O–H groups in total. The standard InChI is InChI=1S/C16H16ClN7O3/c17-9-3-1-2-4-10(9)23-11-12(20-15(23)22-7-5-19-6-8-22)24(14(18)26)16(27)21-13(11)25/h1-4,19H,5-8H2,(H2,18,26)(H,21,25,27). The minimum absolute atomic E-state index is 0.0232. The van der Waals surface area contributed by atoms with E-state index in [0.717, 1.165) is 13.1 Å². The molecule has 0 spiro atoms. The van der Waals surface area contributed by atoms with E-state index >= 15 is 0 Å². The first-order chi connectivity index (χ1) is 13.0. The van der Waals surface area contributed by atoms with Crippen molar-refractivity contribution in [1.82, 2.24) is 24.4 Å². The van der Waals surface area contributed by atoms with Gasteiger partial charge >= 0.3 is 11.7 Å². The molecule has 1 aliphatic heterocycles. The molecule has 0 unspecified atom stereocenters. The zero-order chi connectivity index (χ0) is 19.1. The molecule has 3 heterocycles. The van der Waals surface area contributed by atoms with Crippen LogP contribution in [0.3, 0.4) is 0 Å². The number of primary amides is 1. The number of carbonyl (C=O) groups is 1. The van der Waals surface area contributed by atoms with Crippen LogP contribution in [0.2, 0.25) is 5.02 Å². The van der Waals surface area contributed by atoms with E-state index in [1.807, 2.05) is 4.90 Å². The predicted octanol–water partition coefficient (Wildman–Crippen LogP) is -0.135. The summed E-state index contributed by atoms with van der Waals surface area (Å²) in [5.41, 5.74) is 4.15. The van der Waals surface area contributed by atoms with E-state index < -0.39 is 17.3 Å². The van der Waals surface area contributed by atoms with Gasteiger partial charge in [-0.05, 0) is 12.1 Å². The Morgan fingerprint density at radius 2 is 1.89 bits per heavy atom. The van der Waals surface area contributed by atoms with Gasteiger partial charge in [-0.2, -0.15) is 9.55 Å². The Bertz CT molecular complexity index is 1160. The number of halogens is 1. The number of benzene rings is 1. The maximum atomic E-state index is 12.6. The fourth-order valence-electron chi connectivity index (χ4n) is 3.21. The van der Waals surface area contributed by atoms with E-state index in [1.54, 1.807) is 28.8 Å². The summed E-state index contributed by atoms with van der Waals surface area (Å²) in [6, 6.07) is 5.92. The highest BCUT2D eigenvalue weighted by Gasteiger charge is 2.26. The Kier molecular flexibility index (Phi) is 4.21. The third-order valence-electron chi connectivity index (χ3n) is 4.41. The highest BCUT2D eigenvalue weighted by molar-refractivity contribution is 6.32. The molecule has 3 aromatic rings. The van der Waals surface area contributed by atoms with Crippen LogP contribution in [0.25, 0.3) is 16.9 Å². The van der Waals surface area contributed by atoms with Crippen LogP contribution in [-0.4, -0.2) is 51.3 Å². The summed E-state index contributed by atoms with van der Waals surface area (Å²) in [4.78, 5) is 45.1. The fraction of sp³-hybridized carbons (Fsp3) is 0.250. The molecule has 0 bridgehead atoms. The molecule has 27 heavy (non-hydrogen) atoms. The van der Waals surface area contributed by atoms with Crippen LogP contribution in [0.1, 0.15) is 0 Å². The van der Waals surface area contributed by atoms with Crippen LogP contribution in [0.5, 0.6) is 0 Å². The SMILES string of the molecule is NC(=O)n1c(=O)[nH]c(=O)c2c1nc(N1CCNCC1)n2-c1ccccc1Cl. The summed E-state index contributed by atoms with van der Waals surface area (Å²) in [5.74, 6) is 0.408. The molecule has 0 aliphatic carbocycles. The molecular weight excluding hydrogens is 374 g/mol. The normalized spacial score (nSPS) is 14.6. The van der Waals surface area contributed by atoms with Crippen molar-refractivity contribution in [3.8, 4) is 5.69 Å². The lowest BCUT2D eigenvalue weighted by Crippen LogP contribution is -2.44. The zero-order valence-electron chi connectivity index (χ0n) is 14.1. The first kappa shape index (κ1) is 17.3. The van der Waals surface area contributed by atoms with E-state index in [-0.39, 0.29) is 11.2 Å². The molecule has 1 fully saturated rings. The van der Waals surface area contributed by atoms with Gasteiger partial charge in [0.2, 0.25) is 5.95 Å². The number of imidazole rings is 1. The molecule has 0 saturated carbocycles. The highest BCUT2D eigenvalue weighted by atomic mass is 35.5. The summed E-state index contributed by atoms with van der Waals surface area (Å²) in [5, 5.41) is 3.63. The molecule has 1 aliphatic rings. The maximum absolute atomic E-state index is 12.6. The number of nitrogens with one attached hydrogen (secondary N) is 2. The van der Waals surface area contributed by atoms with E-state index in [0.29, 0.717) is 34.3 Å². The quantitative estimate of drug-likeness (QED) is 0.559. The summed E-state index contributed by atoms with van der Waals surface area (Å²) in [7, 11) is 0. The second-order valence-corrected chi connectivity index (χ2v) is 6.45. The number of aromatic nitrogens is 4. The number of H-pyrrole nitrogens is 1. The van der Waals surface area contributed by atoms with Crippen LogP contribution in [-0.2, 0) is 0 Å². The molecule has 0 radical (unpaired) electrons. The van der Waals surface area contributed by atoms with Crippen molar-refractivity contribution in [2.45, 2.75) is 0 Å². The molecule has 140 valence electrons. The van der Waals surface area contributed by atoms with E-state index in [9.17, 15) is 14.4 Å². The van der Waals surface area contributed by atoms with Crippen molar-refractivity contribution in [3.05, 3.63) is 50.1 Å². The topological polar surface area (TPSA) is 131 Å². The lowest BCUT2D eigenvalue weighted by molar-refractivity contribution is 0.250. The number of aromatic amines is 1. The van der Waals surface area contributed by atoms with Crippen molar-refractivity contribution in [1.29, 1.82) is 0 Å². The van der Waals surface area contributed by atoms with Crippen LogP contribution >= 0.6 is 11.6 Å². The number of anilines is 1. The van der Waals surface area contributed by atoms with E-state index in [2.05, 4.69) is 15.3 Å². The maximum Gasteiger partial charge on any atom is 0.338 e. The lowest BCUT2D eigenvalue weighted by Gasteiger charge is -2.28. The first-order valence-electron chi connectivity index (χ1n) is 8.27. The van der Waals surface area contributed by atoms with E-state index in [1.165, 1.54) is 0 Å². The lowest BCUT2D eigenvalue weighted by atomic mass is 10.3. The number of hydrogen-bond acceptors (Lipinski definition) is 6. The monoisotopic (exact) mass is 389 g/mol. The Hall–Kier alpha value is -3.11. The molecule has 1 aromatic carbocycles. The van der Waals surface area contributed by atoms with Gasteiger partial charge in [0.05, 0.1) is 10.7 Å². The number of nitrogens with two attached hydrogens (primary N) is 1. The molecule has 2 aromatic heterocycles. The van der Waals surface area contributed by atoms with Crippen LogP contribution in [0, 0.1) is 0 Å². The van der Waals surface area contributed by atoms with Gasteiger partial charge < -0.3 is 16.0 Å². The zero-order valence-corrected chi connectivity index (χ0v) is 14.9. The van der Waals surface area contributed by atoms with Gasteiger partial charge in [-0.15, -0.1) is 0 Å². The largest absolute Gasteiger partial charge is 0.351 e. The van der Waals surface area contributed by atoms with Gasteiger partial charge in [0.1, 0.15) is 0 Å². The third kappa shape index (κ3) is 2.78. The number of amides is 1. The molecule has 4 rings (SSSR count). The number of piperazine rings is 1. The van der Waals surface area contributed by atoms with Crippen LogP contribution < -0.4 is 27.2 Å². The van der Waals surface area contributed by atoms with Crippen molar-refractivity contribution in [2.75, 3.05) is 31.1 Å². The summed E-state index contributed by atoms with van der Waals surface area (Å²) in [6.45, 7) is 2.72. The van der Waals surface area contributed by atoms with E-state index in [4.69, 9.17) is 17.3 Å². The van der Waals surface area contributed by atoms with Gasteiger partial charge in [-0.1, -0.05) is 23.7 Å². The van der Waals surface area contributed by atoms with Crippen LogP contribution in [0.4, 0.5) is 10.7 Å². The average Bonchev–Trinajstić information content (AvgIpc) is 3.03. The van der Waals surface area contributed by atoms with Gasteiger partial charge in [0.25, 0.3) is 5.56 Å².